The van der Waals surface area contributed by atoms with E-state index in [9.17, 15) is 0 Å². The summed E-state index contributed by atoms with van der Waals surface area (Å²) < 4.78 is 10.7. The van der Waals surface area contributed by atoms with Gasteiger partial charge in [0.2, 0.25) is 0 Å². The van der Waals surface area contributed by atoms with E-state index in [4.69, 9.17) is 20.9 Å². The van der Waals surface area contributed by atoms with Crippen molar-refractivity contribution in [1.29, 1.82) is 0 Å². The molecule has 1 rings (SSSR count). The Labute approximate surface area is 95.1 Å². The van der Waals surface area contributed by atoms with Crippen LogP contribution in [0.2, 0.25) is 0 Å². The standard InChI is InChI=1S/C12H16N2O2/c1-3-5-15-11-7-10(14)12(8-9(11)13)16-6-4-2/h3-4,7-8H,1-2,5-6,13-14H2. The SMILES string of the molecule is C=CCOc1cc(N)c(OCC=C)cc1N. The molecule has 0 fully saturated rings. The molecule has 0 saturated heterocycles. The average molecular weight is 220 g/mol. The van der Waals surface area contributed by atoms with Gasteiger partial charge in [-0.2, -0.15) is 0 Å². The van der Waals surface area contributed by atoms with Crippen molar-refractivity contribution in [2.45, 2.75) is 0 Å². The number of ether oxygens (including phenoxy) is 2. The van der Waals surface area contributed by atoms with E-state index < -0.39 is 0 Å². The fourth-order valence-corrected chi connectivity index (χ4v) is 1.14. The van der Waals surface area contributed by atoms with Crippen molar-refractivity contribution in [1.82, 2.24) is 0 Å². The van der Waals surface area contributed by atoms with E-state index in [-0.39, 0.29) is 0 Å². The second kappa shape index (κ2) is 5.70. The van der Waals surface area contributed by atoms with E-state index in [1.807, 2.05) is 0 Å². The summed E-state index contributed by atoms with van der Waals surface area (Å²) in [4.78, 5) is 0. The largest absolute Gasteiger partial charge is 0.487 e. The first kappa shape index (κ1) is 12.0. The molecule has 0 spiro atoms. The third-order valence-electron chi connectivity index (χ3n) is 1.86. The maximum atomic E-state index is 5.78. The van der Waals surface area contributed by atoms with Gasteiger partial charge in [-0.3, -0.25) is 0 Å². The summed E-state index contributed by atoms with van der Waals surface area (Å²) in [5.41, 5.74) is 12.5. The third-order valence-corrected chi connectivity index (χ3v) is 1.86. The summed E-state index contributed by atoms with van der Waals surface area (Å²) >= 11 is 0. The van der Waals surface area contributed by atoms with Gasteiger partial charge in [0.05, 0.1) is 11.4 Å². The molecule has 0 bridgehead atoms. The molecule has 0 unspecified atom stereocenters. The number of rotatable bonds is 6. The molecule has 0 amide bonds. The fourth-order valence-electron chi connectivity index (χ4n) is 1.14. The molecule has 86 valence electrons. The highest BCUT2D eigenvalue weighted by Gasteiger charge is 2.07. The smallest absolute Gasteiger partial charge is 0.144 e. The average Bonchev–Trinajstić information content (AvgIpc) is 2.28. The summed E-state index contributed by atoms with van der Waals surface area (Å²) in [7, 11) is 0. The summed E-state index contributed by atoms with van der Waals surface area (Å²) in [6.45, 7) is 7.88. The van der Waals surface area contributed by atoms with E-state index >= 15 is 0 Å². The molecule has 0 heterocycles. The highest BCUT2D eigenvalue weighted by atomic mass is 16.5. The van der Waals surface area contributed by atoms with Gasteiger partial charge in [-0.05, 0) is 0 Å². The molecule has 4 heteroatoms. The Bertz CT molecular complexity index is 351. The van der Waals surface area contributed by atoms with Crippen LogP contribution in [-0.4, -0.2) is 13.2 Å². The molecule has 1 aromatic carbocycles. The zero-order chi connectivity index (χ0) is 12.0. The maximum Gasteiger partial charge on any atom is 0.144 e. The lowest BCUT2D eigenvalue weighted by molar-refractivity contribution is 0.356. The molecule has 0 saturated carbocycles. The minimum Gasteiger partial charge on any atom is -0.487 e. The van der Waals surface area contributed by atoms with Gasteiger partial charge >= 0.3 is 0 Å². The summed E-state index contributed by atoms with van der Waals surface area (Å²) in [5.74, 6) is 1.06. The van der Waals surface area contributed by atoms with Crippen molar-refractivity contribution in [2.75, 3.05) is 24.7 Å². The number of hydrogen-bond donors (Lipinski definition) is 2. The van der Waals surface area contributed by atoms with Crippen LogP contribution in [0.4, 0.5) is 11.4 Å². The molecule has 0 aliphatic heterocycles. The number of nitrogen functional groups attached to an aromatic ring is 2. The summed E-state index contributed by atoms with van der Waals surface area (Å²) in [6, 6.07) is 3.27. The Morgan fingerprint density at radius 1 is 0.938 bits per heavy atom. The quantitative estimate of drug-likeness (QED) is 0.568. The Hall–Kier alpha value is -2.10. The molecule has 0 atom stereocenters. The Kier molecular flexibility index (Phi) is 4.27. The van der Waals surface area contributed by atoms with Crippen molar-refractivity contribution in [3.63, 3.8) is 0 Å². The highest BCUT2D eigenvalue weighted by molar-refractivity contribution is 5.67. The first-order chi connectivity index (χ1) is 7.69. The fraction of sp³-hybridized carbons (Fsp3) is 0.167. The Morgan fingerprint density at radius 3 is 1.62 bits per heavy atom. The monoisotopic (exact) mass is 220 g/mol. The molecule has 0 aromatic heterocycles. The van der Waals surface area contributed by atoms with Crippen molar-refractivity contribution >= 4 is 11.4 Å². The minimum atomic E-state index is 0.385. The molecule has 0 aliphatic carbocycles. The van der Waals surface area contributed by atoms with Crippen molar-refractivity contribution < 1.29 is 9.47 Å². The van der Waals surface area contributed by atoms with E-state index in [0.717, 1.165) is 0 Å². The van der Waals surface area contributed by atoms with Crippen molar-refractivity contribution in [2.24, 2.45) is 0 Å². The maximum absolute atomic E-state index is 5.78. The van der Waals surface area contributed by atoms with E-state index in [2.05, 4.69) is 13.2 Å². The van der Waals surface area contributed by atoms with Crippen molar-refractivity contribution in [3.05, 3.63) is 37.4 Å². The van der Waals surface area contributed by atoms with Crippen LogP contribution in [0.15, 0.2) is 37.4 Å². The Morgan fingerprint density at radius 2 is 1.31 bits per heavy atom. The van der Waals surface area contributed by atoms with Gasteiger partial charge < -0.3 is 20.9 Å². The molecule has 4 N–H and O–H groups in total. The van der Waals surface area contributed by atoms with E-state index in [0.29, 0.717) is 36.1 Å². The second-order valence-electron chi connectivity index (χ2n) is 3.13. The summed E-state index contributed by atoms with van der Waals surface area (Å²) in [5, 5.41) is 0. The second-order valence-corrected chi connectivity index (χ2v) is 3.13. The van der Waals surface area contributed by atoms with Crippen LogP contribution < -0.4 is 20.9 Å². The van der Waals surface area contributed by atoms with Crippen LogP contribution in [0.25, 0.3) is 0 Å². The third kappa shape index (κ3) is 2.95. The van der Waals surface area contributed by atoms with Gasteiger partial charge in [-0.15, -0.1) is 0 Å². The van der Waals surface area contributed by atoms with E-state index in [1.54, 1.807) is 24.3 Å². The minimum absolute atomic E-state index is 0.385. The van der Waals surface area contributed by atoms with Crippen LogP contribution in [0.3, 0.4) is 0 Å². The van der Waals surface area contributed by atoms with Gasteiger partial charge in [0, 0.05) is 12.1 Å². The number of benzene rings is 1. The van der Waals surface area contributed by atoms with Crippen LogP contribution in [0.5, 0.6) is 11.5 Å². The summed E-state index contributed by atoms with van der Waals surface area (Å²) in [6.07, 6.45) is 3.27. The Balaban J connectivity index is 2.87. The topological polar surface area (TPSA) is 70.5 Å². The van der Waals surface area contributed by atoms with Crippen LogP contribution in [-0.2, 0) is 0 Å². The predicted octanol–water partition coefficient (Wildman–Crippen LogP) is 1.98. The number of hydrogen-bond acceptors (Lipinski definition) is 4. The van der Waals surface area contributed by atoms with Gasteiger partial charge in [-0.1, -0.05) is 25.3 Å². The zero-order valence-corrected chi connectivity index (χ0v) is 9.11. The van der Waals surface area contributed by atoms with Crippen LogP contribution in [0, 0.1) is 0 Å². The van der Waals surface area contributed by atoms with Crippen LogP contribution >= 0.6 is 0 Å². The normalized spacial score (nSPS) is 9.50. The first-order valence-electron chi connectivity index (χ1n) is 4.85. The lowest BCUT2D eigenvalue weighted by Crippen LogP contribution is -2.02. The molecule has 4 nitrogen and oxygen atoms in total. The molecular formula is C12H16N2O2. The lowest BCUT2D eigenvalue weighted by atomic mass is 10.2. The van der Waals surface area contributed by atoms with Crippen LogP contribution in [0.1, 0.15) is 0 Å². The lowest BCUT2D eigenvalue weighted by Gasteiger charge is -2.12. The first-order valence-corrected chi connectivity index (χ1v) is 4.85. The zero-order valence-electron chi connectivity index (χ0n) is 9.11. The predicted molar refractivity (Wildman–Crippen MR) is 66.7 cm³/mol. The van der Waals surface area contributed by atoms with Crippen molar-refractivity contribution in [3.8, 4) is 11.5 Å². The molecule has 0 aliphatic rings. The van der Waals surface area contributed by atoms with Gasteiger partial charge in [0.15, 0.2) is 0 Å². The highest BCUT2D eigenvalue weighted by Crippen LogP contribution is 2.32. The number of anilines is 2. The molecule has 16 heavy (non-hydrogen) atoms. The molecular weight excluding hydrogens is 204 g/mol. The van der Waals surface area contributed by atoms with Gasteiger partial charge in [-0.25, -0.2) is 0 Å². The number of nitrogens with two attached hydrogens (primary N) is 2. The van der Waals surface area contributed by atoms with Gasteiger partial charge in [0.1, 0.15) is 24.7 Å². The molecule has 1 aromatic rings. The molecule has 0 radical (unpaired) electrons. The van der Waals surface area contributed by atoms with E-state index in [1.165, 1.54) is 0 Å². The van der Waals surface area contributed by atoms with Gasteiger partial charge in [0.25, 0.3) is 0 Å².